The molecule has 3 rings (SSSR count). The summed E-state index contributed by atoms with van der Waals surface area (Å²) in [6.45, 7) is 3.14. The van der Waals surface area contributed by atoms with E-state index in [1.807, 2.05) is 23.1 Å². The number of carbonyl (C=O) groups is 1. The highest BCUT2D eigenvalue weighted by molar-refractivity contribution is 5.80. The topological polar surface area (TPSA) is 43.8 Å². The number of aromatic hydroxyl groups is 1. The summed E-state index contributed by atoms with van der Waals surface area (Å²) in [4.78, 5) is 16.3. The summed E-state index contributed by atoms with van der Waals surface area (Å²) in [5, 5.41) is 9.85. The Kier molecular flexibility index (Phi) is 3.32. The normalized spacial score (nSPS) is 20.2. The molecule has 19 heavy (non-hydrogen) atoms. The third-order valence-electron chi connectivity index (χ3n) is 4.27. The van der Waals surface area contributed by atoms with Gasteiger partial charge in [-0.05, 0) is 25.0 Å². The number of phenols is 1. The summed E-state index contributed by atoms with van der Waals surface area (Å²) in [6, 6.07) is 7.40. The van der Waals surface area contributed by atoms with E-state index in [0.717, 1.165) is 44.7 Å². The Labute approximate surface area is 113 Å². The van der Waals surface area contributed by atoms with Gasteiger partial charge in [-0.15, -0.1) is 0 Å². The van der Waals surface area contributed by atoms with Crippen molar-refractivity contribution >= 4 is 11.6 Å². The molecule has 2 aliphatic rings. The smallest absolute Gasteiger partial charge is 0.225 e. The van der Waals surface area contributed by atoms with Crippen LogP contribution in [0, 0.1) is 5.92 Å². The Hall–Kier alpha value is -1.71. The molecular weight excluding hydrogens is 240 g/mol. The first-order chi connectivity index (χ1) is 9.25. The summed E-state index contributed by atoms with van der Waals surface area (Å²) in [5.41, 5.74) is 0.873. The molecule has 0 spiro atoms. The maximum atomic E-state index is 12.1. The molecule has 1 aliphatic heterocycles. The van der Waals surface area contributed by atoms with Gasteiger partial charge in [0.2, 0.25) is 5.91 Å². The van der Waals surface area contributed by atoms with Crippen LogP contribution in [0.4, 0.5) is 5.69 Å². The Morgan fingerprint density at radius 1 is 1.11 bits per heavy atom. The zero-order valence-corrected chi connectivity index (χ0v) is 11.1. The second kappa shape index (κ2) is 5.11. The second-order valence-electron chi connectivity index (χ2n) is 5.43. The minimum absolute atomic E-state index is 0.289. The molecule has 1 saturated heterocycles. The molecule has 0 atom stereocenters. The summed E-state index contributed by atoms with van der Waals surface area (Å²) in [6.07, 6.45) is 3.34. The Morgan fingerprint density at radius 3 is 2.37 bits per heavy atom. The number of hydrogen-bond acceptors (Lipinski definition) is 3. The number of phenolic OH excluding ortho intramolecular Hbond substituents is 1. The molecule has 1 aromatic rings. The molecule has 1 N–H and O–H groups in total. The van der Waals surface area contributed by atoms with Crippen molar-refractivity contribution in [3.8, 4) is 5.75 Å². The quantitative estimate of drug-likeness (QED) is 0.882. The van der Waals surface area contributed by atoms with Crippen molar-refractivity contribution in [1.82, 2.24) is 4.90 Å². The number of anilines is 1. The summed E-state index contributed by atoms with van der Waals surface area (Å²) < 4.78 is 0. The predicted octanol–water partition coefficient (Wildman–Crippen LogP) is 1.84. The molecule has 1 saturated carbocycles. The van der Waals surface area contributed by atoms with Gasteiger partial charge in [0.25, 0.3) is 0 Å². The van der Waals surface area contributed by atoms with Crippen LogP contribution in [0.3, 0.4) is 0 Å². The van der Waals surface area contributed by atoms with Crippen molar-refractivity contribution < 1.29 is 9.90 Å². The summed E-state index contributed by atoms with van der Waals surface area (Å²) >= 11 is 0. The van der Waals surface area contributed by atoms with Crippen LogP contribution < -0.4 is 4.90 Å². The number of hydrogen-bond donors (Lipinski definition) is 1. The van der Waals surface area contributed by atoms with Gasteiger partial charge in [-0.2, -0.15) is 0 Å². The van der Waals surface area contributed by atoms with E-state index in [1.165, 1.54) is 6.42 Å². The van der Waals surface area contributed by atoms with Gasteiger partial charge in [-0.3, -0.25) is 4.79 Å². The number of benzene rings is 1. The van der Waals surface area contributed by atoms with Crippen molar-refractivity contribution in [2.45, 2.75) is 19.3 Å². The van der Waals surface area contributed by atoms with Gasteiger partial charge in [0.1, 0.15) is 5.75 Å². The fourth-order valence-electron chi connectivity index (χ4n) is 2.81. The SMILES string of the molecule is O=C(C1CCC1)N1CCN(c2ccccc2O)CC1. The molecule has 1 aliphatic carbocycles. The first-order valence-electron chi connectivity index (χ1n) is 7.07. The molecule has 0 bridgehead atoms. The average molecular weight is 260 g/mol. The maximum absolute atomic E-state index is 12.1. The van der Waals surface area contributed by atoms with Crippen LogP contribution in [-0.2, 0) is 4.79 Å². The lowest BCUT2D eigenvalue weighted by Gasteiger charge is -2.39. The largest absolute Gasteiger partial charge is 0.506 e. The monoisotopic (exact) mass is 260 g/mol. The van der Waals surface area contributed by atoms with Gasteiger partial charge in [-0.25, -0.2) is 0 Å². The van der Waals surface area contributed by atoms with Crippen molar-refractivity contribution in [2.75, 3.05) is 31.1 Å². The van der Waals surface area contributed by atoms with Crippen molar-refractivity contribution in [1.29, 1.82) is 0 Å². The van der Waals surface area contributed by atoms with E-state index in [4.69, 9.17) is 0 Å². The van der Waals surface area contributed by atoms with E-state index in [-0.39, 0.29) is 5.92 Å². The Morgan fingerprint density at radius 2 is 1.79 bits per heavy atom. The van der Waals surface area contributed by atoms with E-state index < -0.39 is 0 Å². The van der Waals surface area contributed by atoms with Gasteiger partial charge in [0.05, 0.1) is 5.69 Å². The molecule has 4 heteroatoms. The lowest BCUT2D eigenvalue weighted by molar-refractivity contribution is -0.138. The van der Waals surface area contributed by atoms with E-state index >= 15 is 0 Å². The molecule has 1 amide bonds. The molecule has 0 radical (unpaired) electrons. The highest BCUT2D eigenvalue weighted by Crippen LogP contribution is 2.30. The first-order valence-corrected chi connectivity index (χ1v) is 7.07. The number of amides is 1. The van der Waals surface area contributed by atoms with Crippen LogP contribution in [0.1, 0.15) is 19.3 Å². The number of rotatable bonds is 2. The van der Waals surface area contributed by atoms with Crippen LogP contribution in [0.15, 0.2) is 24.3 Å². The number of piperazine rings is 1. The summed E-state index contributed by atoms with van der Waals surface area (Å²) in [7, 11) is 0. The minimum Gasteiger partial charge on any atom is -0.506 e. The second-order valence-corrected chi connectivity index (χ2v) is 5.43. The molecule has 1 heterocycles. The van der Waals surface area contributed by atoms with Crippen molar-refractivity contribution in [3.05, 3.63) is 24.3 Å². The van der Waals surface area contributed by atoms with E-state index in [2.05, 4.69) is 4.90 Å². The third kappa shape index (κ3) is 2.39. The zero-order valence-electron chi connectivity index (χ0n) is 11.1. The van der Waals surface area contributed by atoms with E-state index in [1.54, 1.807) is 6.07 Å². The molecule has 4 nitrogen and oxygen atoms in total. The van der Waals surface area contributed by atoms with E-state index in [0.29, 0.717) is 11.7 Å². The van der Waals surface area contributed by atoms with Crippen molar-refractivity contribution in [2.24, 2.45) is 5.92 Å². The van der Waals surface area contributed by atoms with Crippen molar-refractivity contribution in [3.63, 3.8) is 0 Å². The highest BCUT2D eigenvalue weighted by atomic mass is 16.3. The molecular formula is C15H20N2O2. The molecule has 1 aromatic carbocycles. The predicted molar refractivity (Wildman–Crippen MR) is 74.2 cm³/mol. The highest BCUT2D eigenvalue weighted by Gasteiger charge is 2.31. The maximum Gasteiger partial charge on any atom is 0.225 e. The average Bonchev–Trinajstić information content (AvgIpc) is 2.37. The molecule has 102 valence electrons. The summed E-state index contributed by atoms with van der Waals surface area (Å²) in [5.74, 6) is 0.945. The molecule has 0 aromatic heterocycles. The number of nitrogens with zero attached hydrogens (tertiary/aromatic N) is 2. The van der Waals surface area contributed by atoms with Gasteiger partial charge >= 0.3 is 0 Å². The Bertz CT molecular complexity index is 463. The number of carbonyl (C=O) groups excluding carboxylic acids is 1. The van der Waals surface area contributed by atoms with Crippen LogP contribution in [0.2, 0.25) is 0 Å². The first kappa shape index (κ1) is 12.3. The molecule has 0 unspecified atom stereocenters. The van der Waals surface area contributed by atoms with Gasteiger partial charge in [-0.1, -0.05) is 18.6 Å². The van der Waals surface area contributed by atoms with Gasteiger partial charge in [0.15, 0.2) is 0 Å². The van der Waals surface area contributed by atoms with Crippen LogP contribution >= 0.6 is 0 Å². The third-order valence-corrected chi connectivity index (χ3v) is 4.27. The lowest BCUT2D eigenvalue weighted by Crippen LogP contribution is -2.51. The number of para-hydroxylation sites is 2. The van der Waals surface area contributed by atoms with Gasteiger partial charge in [0, 0.05) is 32.1 Å². The Balaban J connectivity index is 1.60. The van der Waals surface area contributed by atoms with Gasteiger partial charge < -0.3 is 14.9 Å². The van der Waals surface area contributed by atoms with Crippen LogP contribution in [0.25, 0.3) is 0 Å². The lowest BCUT2D eigenvalue weighted by atomic mass is 9.84. The molecule has 2 fully saturated rings. The fourth-order valence-corrected chi connectivity index (χ4v) is 2.81. The fraction of sp³-hybridized carbons (Fsp3) is 0.533. The van der Waals surface area contributed by atoms with Crippen LogP contribution in [-0.4, -0.2) is 42.1 Å². The minimum atomic E-state index is 0.289. The van der Waals surface area contributed by atoms with E-state index in [9.17, 15) is 9.90 Å². The standard InChI is InChI=1S/C15H20N2O2/c18-14-7-2-1-6-13(14)16-8-10-17(11-9-16)15(19)12-4-3-5-12/h1-2,6-7,12,18H,3-5,8-11H2. The zero-order chi connectivity index (χ0) is 13.2. The van der Waals surface area contributed by atoms with Crippen LogP contribution in [0.5, 0.6) is 5.75 Å².